The van der Waals surface area contributed by atoms with Gasteiger partial charge in [0.25, 0.3) is 17.6 Å². The lowest BCUT2D eigenvalue weighted by atomic mass is 9.78. The zero-order chi connectivity index (χ0) is 46.4. The molecule has 3 aliphatic heterocycles. The quantitative estimate of drug-likeness (QED) is 0.107. The van der Waals surface area contributed by atoms with Gasteiger partial charge in [0, 0.05) is 87.4 Å². The Balaban J connectivity index is 1.93. The maximum Gasteiger partial charge on any atom is 0.312 e. The molecule has 0 saturated carbocycles. The molecule has 0 saturated heterocycles. The minimum Gasteiger partial charge on any atom is -0.507 e. The first kappa shape index (κ1) is 49.5. The number of amides is 2. The van der Waals surface area contributed by atoms with Gasteiger partial charge in [-0.05, 0) is 32.8 Å². The summed E-state index contributed by atoms with van der Waals surface area (Å²) in [6, 6.07) is 1.27. The van der Waals surface area contributed by atoms with Crippen molar-refractivity contribution in [2.24, 2.45) is 23.7 Å². The number of ether oxygens (including phenoxy) is 5. The van der Waals surface area contributed by atoms with Crippen molar-refractivity contribution in [2.75, 3.05) is 39.2 Å². The zero-order valence-electron chi connectivity index (χ0n) is 38.0. The van der Waals surface area contributed by atoms with Gasteiger partial charge in [0.1, 0.15) is 23.4 Å². The minimum atomic E-state index is -2.04. The van der Waals surface area contributed by atoms with Gasteiger partial charge in [-0.15, -0.1) is 0 Å². The van der Waals surface area contributed by atoms with Crippen LogP contribution in [0.3, 0.4) is 0 Å². The maximum absolute atomic E-state index is 14.6. The number of aromatic hydroxyl groups is 2. The van der Waals surface area contributed by atoms with Gasteiger partial charge in [0.05, 0.1) is 41.2 Å². The van der Waals surface area contributed by atoms with Gasteiger partial charge in [-0.2, -0.15) is 0 Å². The number of methoxy groups -OCH3 is 1. The number of nitrogens with one attached hydrogen (secondary N) is 1. The van der Waals surface area contributed by atoms with Gasteiger partial charge in [0.2, 0.25) is 0 Å². The van der Waals surface area contributed by atoms with E-state index in [1.54, 1.807) is 46.9 Å². The van der Waals surface area contributed by atoms with Crippen LogP contribution in [-0.4, -0.2) is 118 Å². The molecule has 0 radical (unpaired) electrons. The fourth-order valence-electron chi connectivity index (χ4n) is 8.07. The largest absolute Gasteiger partial charge is 0.507 e. The minimum absolute atomic E-state index is 0.0616. The fourth-order valence-corrected chi connectivity index (χ4v) is 8.07. The van der Waals surface area contributed by atoms with Gasteiger partial charge < -0.3 is 49.4 Å². The molecule has 5 rings (SSSR count). The molecule has 0 aromatic heterocycles. The van der Waals surface area contributed by atoms with Gasteiger partial charge in [0.15, 0.2) is 12.4 Å². The molecule has 9 unspecified atom stereocenters. The summed E-state index contributed by atoms with van der Waals surface area (Å²) in [5.41, 5.74) is -0.0256. The van der Waals surface area contributed by atoms with E-state index in [0.29, 0.717) is 13.1 Å². The van der Waals surface area contributed by atoms with Crippen LogP contribution >= 0.6 is 0 Å². The SMILES string of the molecule is CCCN(CCC)N(C)C(=O)COc1cc2c(O)c3c(O)c(C)c4c(c13)C(=O)C(C)(O/C=C/C(OC)C(C)C(OC(C)=O)C(C)C(O)C(C)C(O)C(C)/C=C/C=C(\C)C(=O)N2)O4. The predicted molar refractivity (Wildman–Crippen MR) is 233 cm³/mol. The van der Waals surface area contributed by atoms with Crippen molar-refractivity contribution in [2.45, 2.75) is 112 Å². The number of benzene rings is 2. The molecular formula is C46H65N3O13. The molecule has 9 atom stereocenters. The number of esters is 1. The van der Waals surface area contributed by atoms with Gasteiger partial charge in [-0.3, -0.25) is 24.2 Å². The average molecular weight is 868 g/mol. The molecule has 2 aromatic carbocycles. The third-order valence-electron chi connectivity index (χ3n) is 11.9. The first-order chi connectivity index (χ1) is 29.1. The topological polar surface area (TPSA) is 214 Å². The first-order valence-electron chi connectivity index (χ1n) is 21.2. The molecule has 2 aromatic rings. The van der Waals surface area contributed by atoms with Crippen LogP contribution in [0, 0.1) is 30.6 Å². The van der Waals surface area contributed by atoms with E-state index in [1.807, 2.05) is 18.9 Å². The summed E-state index contributed by atoms with van der Waals surface area (Å²) in [7, 11) is 3.07. The number of fused-ring (bicyclic) bond motifs is 14. The summed E-state index contributed by atoms with van der Waals surface area (Å²) in [6.45, 7) is 17.3. The Bertz CT molecular complexity index is 2080. The highest BCUT2D eigenvalue weighted by atomic mass is 16.7. The van der Waals surface area contributed by atoms with Crippen molar-refractivity contribution >= 4 is 40.0 Å². The Morgan fingerprint density at radius 3 is 2.18 bits per heavy atom. The number of aliphatic hydroxyl groups is 2. The lowest BCUT2D eigenvalue weighted by molar-refractivity contribution is -0.160. The second-order valence-electron chi connectivity index (χ2n) is 16.6. The van der Waals surface area contributed by atoms with Crippen LogP contribution < -0.4 is 14.8 Å². The number of hydrogen-bond donors (Lipinski definition) is 5. The number of aliphatic hydroxyl groups excluding tert-OH is 2. The molecule has 5 bridgehead atoms. The number of phenols is 2. The lowest BCUT2D eigenvalue weighted by Crippen LogP contribution is -2.46. The van der Waals surface area contributed by atoms with E-state index in [-0.39, 0.29) is 44.7 Å². The third kappa shape index (κ3) is 10.4. The number of Topliss-reactive ketones (excluding diaryl/α,β-unsaturated/α-hetero) is 1. The molecule has 5 N–H and O–H groups in total. The van der Waals surface area contributed by atoms with Crippen molar-refractivity contribution in [3.63, 3.8) is 0 Å². The van der Waals surface area contributed by atoms with Crippen LogP contribution in [0.4, 0.5) is 5.69 Å². The van der Waals surface area contributed by atoms with Crippen molar-refractivity contribution in [1.29, 1.82) is 0 Å². The van der Waals surface area contributed by atoms with E-state index < -0.39 is 95.5 Å². The molecule has 0 aliphatic carbocycles. The number of phenolic OH excluding ortho intramolecular Hbond substituents is 2. The highest BCUT2D eigenvalue weighted by Crippen LogP contribution is 2.54. The monoisotopic (exact) mass is 867 g/mol. The fraction of sp³-hybridized carbons (Fsp3) is 0.565. The van der Waals surface area contributed by atoms with Crippen LogP contribution in [0.1, 0.15) is 91.1 Å². The van der Waals surface area contributed by atoms with Crippen LogP contribution in [0.15, 0.2) is 42.2 Å². The maximum atomic E-state index is 14.6. The van der Waals surface area contributed by atoms with E-state index in [2.05, 4.69) is 5.32 Å². The highest BCUT2D eigenvalue weighted by molar-refractivity contribution is 6.21. The van der Waals surface area contributed by atoms with Crippen molar-refractivity contribution < 1.29 is 63.3 Å². The first-order valence-corrected chi connectivity index (χ1v) is 21.2. The Hall–Kier alpha value is -5.16. The standard InChI is InChI=1S/C46H65N3O13/c1-13-19-49(20-14-2)48(11)34(51)23-59-33-22-31-41(55)36-35(33)37-43(29(8)40(36)54)62-46(10,44(37)56)60-21-18-32(58-12)26(5)42(61-30(9)50)28(7)39(53)27(6)38(52)24(3)16-15-17-25(4)45(57)47-31/h15-18,21-22,24,26-28,32,38-39,42,52-55H,13-14,19-20,23H2,1-12H3,(H,47,57)/b16-15+,21-18+,25-17+. The molecule has 342 valence electrons. The van der Waals surface area contributed by atoms with Crippen LogP contribution in [0.25, 0.3) is 10.8 Å². The smallest absolute Gasteiger partial charge is 0.312 e. The Labute approximate surface area is 364 Å². The Morgan fingerprint density at radius 2 is 1.58 bits per heavy atom. The summed E-state index contributed by atoms with van der Waals surface area (Å²) >= 11 is 0. The number of rotatable bonds is 10. The second kappa shape index (κ2) is 20.8. The van der Waals surface area contributed by atoms with E-state index in [9.17, 15) is 39.6 Å². The summed E-state index contributed by atoms with van der Waals surface area (Å²) in [4.78, 5) is 54.2. The van der Waals surface area contributed by atoms with Gasteiger partial charge >= 0.3 is 11.8 Å². The van der Waals surface area contributed by atoms with E-state index in [4.69, 9.17) is 23.7 Å². The number of ketones is 1. The molecule has 2 amide bonds. The molecule has 0 spiro atoms. The summed E-state index contributed by atoms with van der Waals surface area (Å²) < 4.78 is 29.9. The second-order valence-corrected chi connectivity index (χ2v) is 16.6. The number of carbonyl (C=O) groups is 4. The summed E-state index contributed by atoms with van der Waals surface area (Å²) in [5.74, 6) is -8.13. The average Bonchev–Trinajstić information content (AvgIpc) is 3.50. The number of hydrogen-bond acceptors (Lipinski definition) is 14. The van der Waals surface area contributed by atoms with E-state index in [0.717, 1.165) is 12.8 Å². The van der Waals surface area contributed by atoms with E-state index in [1.165, 1.54) is 64.3 Å². The van der Waals surface area contributed by atoms with Crippen molar-refractivity contribution in [3.8, 4) is 23.0 Å². The molecule has 3 aliphatic rings. The van der Waals surface area contributed by atoms with Crippen LogP contribution in [-0.2, 0) is 28.6 Å². The molecule has 3 heterocycles. The van der Waals surface area contributed by atoms with Gasteiger partial charge in [-0.1, -0.05) is 59.8 Å². The number of allylic oxidation sites excluding steroid dienone is 2. The normalized spacial score (nSPS) is 29.0. The number of nitrogens with zero attached hydrogens (tertiary/aromatic N) is 2. The number of hydrazine groups is 1. The molecule has 62 heavy (non-hydrogen) atoms. The van der Waals surface area contributed by atoms with Crippen LogP contribution in [0.5, 0.6) is 23.0 Å². The number of anilines is 1. The van der Waals surface area contributed by atoms with Crippen molar-refractivity contribution in [3.05, 3.63) is 53.3 Å². The van der Waals surface area contributed by atoms with Crippen LogP contribution in [0.2, 0.25) is 0 Å². The van der Waals surface area contributed by atoms with Gasteiger partial charge in [-0.25, -0.2) is 5.01 Å². The number of likely N-dealkylation sites (N-methyl/N-ethyl adjacent to an activating group) is 1. The molecule has 16 heteroatoms. The zero-order valence-corrected chi connectivity index (χ0v) is 38.0. The number of carbonyl (C=O) groups excluding carboxylic acids is 4. The predicted octanol–water partition coefficient (Wildman–Crippen LogP) is 5.92. The highest BCUT2D eigenvalue weighted by Gasteiger charge is 2.50. The Kier molecular flexibility index (Phi) is 16.6. The molecule has 0 fully saturated rings. The Morgan fingerprint density at radius 1 is 0.935 bits per heavy atom. The summed E-state index contributed by atoms with van der Waals surface area (Å²) in [6.07, 6.45) is 5.18. The van der Waals surface area contributed by atoms with E-state index >= 15 is 0 Å². The molecular weight excluding hydrogens is 803 g/mol. The summed E-state index contributed by atoms with van der Waals surface area (Å²) in [5, 5.41) is 52.0. The third-order valence-corrected chi connectivity index (χ3v) is 11.9. The van der Waals surface area contributed by atoms with Crippen molar-refractivity contribution in [1.82, 2.24) is 10.0 Å². The lowest BCUT2D eigenvalue weighted by Gasteiger charge is -2.38. The molecule has 16 nitrogen and oxygen atoms in total.